The largest absolute Gasteiger partial charge is 0.494 e. The van der Waals surface area contributed by atoms with Crippen molar-refractivity contribution in [2.75, 3.05) is 18.6 Å². The summed E-state index contributed by atoms with van der Waals surface area (Å²) in [5.41, 5.74) is 1.89. The molecule has 0 radical (unpaired) electrons. The molecule has 1 aliphatic carbocycles. The summed E-state index contributed by atoms with van der Waals surface area (Å²) in [6.45, 7) is 2.50. The molecular formula is C22H22N2O4S. The molecule has 2 aromatic carbocycles. The topological polar surface area (TPSA) is 79.7 Å². The van der Waals surface area contributed by atoms with Crippen LogP contribution in [0.15, 0.2) is 42.5 Å². The first kappa shape index (κ1) is 19.4. The van der Waals surface area contributed by atoms with E-state index in [0.29, 0.717) is 24.6 Å². The van der Waals surface area contributed by atoms with Crippen LogP contribution in [0.25, 0.3) is 10.2 Å². The predicted molar refractivity (Wildman–Crippen MR) is 113 cm³/mol. The number of thiazole rings is 1. The number of carboxylic acid groups (broad SMARTS) is 1. The van der Waals surface area contributed by atoms with Crippen LogP contribution < -0.4 is 9.64 Å². The molecule has 0 spiro atoms. The van der Waals surface area contributed by atoms with Gasteiger partial charge in [0.25, 0.3) is 0 Å². The molecule has 1 N–H and O–H groups in total. The molecule has 3 aromatic rings. The number of benzene rings is 2. The lowest BCUT2D eigenvalue weighted by atomic mass is 9.80. The summed E-state index contributed by atoms with van der Waals surface area (Å²) in [6.07, 6.45) is 0.653. The number of carbonyl (C=O) groups is 2. The van der Waals surface area contributed by atoms with Crippen LogP contribution in [0.5, 0.6) is 5.75 Å². The molecule has 0 saturated carbocycles. The second kappa shape index (κ2) is 7.48. The molecule has 4 rings (SSSR count). The number of ether oxygens (including phenoxy) is 1. The number of amides is 1. The molecule has 7 heteroatoms. The van der Waals surface area contributed by atoms with E-state index in [4.69, 9.17) is 4.74 Å². The molecule has 0 aliphatic heterocycles. The van der Waals surface area contributed by atoms with E-state index in [9.17, 15) is 14.7 Å². The van der Waals surface area contributed by atoms with Gasteiger partial charge in [0.15, 0.2) is 5.13 Å². The first-order valence-electron chi connectivity index (χ1n) is 9.52. The number of hydrogen-bond donors (Lipinski definition) is 1. The third-order valence-corrected chi connectivity index (χ3v) is 6.47. The molecule has 150 valence electrons. The average Bonchev–Trinajstić information content (AvgIpc) is 3.27. The third-order valence-electron chi connectivity index (χ3n) is 5.37. The first-order valence-corrected chi connectivity index (χ1v) is 10.3. The van der Waals surface area contributed by atoms with Crippen LogP contribution in [0.1, 0.15) is 24.5 Å². The summed E-state index contributed by atoms with van der Waals surface area (Å²) >= 11 is 1.40. The highest BCUT2D eigenvalue weighted by Crippen LogP contribution is 2.42. The van der Waals surface area contributed by atoms with Gasteiger partial charge in [-0.3, -0.25) is 14.5 Å². The monoisotopic (exact) mass is 410 g/mol. The van der Waals surface area contributed by atoms with Gasteiger partial charge in [-0.05, 0) is 49.1 Å². The average molecular weight is 410 g/mol. The van der Waals surface area contributed by atoms with Crippen molar-refractivity contribution in [3.05, 3.63) is 53.6 Å². The Kier molecular flexibility index (Phi) is 5.00. The van der Waals surface area contributed by atoms with Crippen LogP contribution in [0.4, 0.5) is 5.13 Å². The van der Waals surface area contributed by atoms with E-state index < -0.39 is 11.4 Å². The second-order valence-corrected chi connectivity index (χ2v) is 8.41. The van der Waals surface area contributed by atoms with Gasteiger partial charge < -0.3 is 9.84 Å². The Labute approximate surface area is 172 Å². The Bertz CT molecular complexity index is 1070. The lowest BCUT2D eigenvalue weighted by Crippen LogP contribution is -2.44. The van der Waals surface area contributed by atoms with Crippen molar-refractivity contribution in [3.8, 4) is 5.75 Å². The highest BCUT2D eigenvalue weighted by atomic mass is 32.1. The van der Waals surface area contributed by atoms with Gasteiger partial charge in [-0.1, -0.05) is 35.6 Å². The number of hydrogen-bond acceptors (Lipinski definition) is 5. The zero-order chi connectivity index (χ0) is 20.6. The Balaban J connectivity index is 1.66. The van der Waals surface area contributed by atoms with Crippen LogP contribution in [-0.2, 0) is 22.4 Å². The zero-order valence-corrected chi connectivity index (χ0v) is 17.2. The maximum atomic E-state index is 13.5. The Hall–Kier alpha value is -2.93. The third kappa shape index (κ3) is 3.58. The fraction of sp³-hybridized carbons (Fsp3) is 0.318. The Morgan fingerprint density at radius 2 is 1.90 bits per heavy atom. The maximum absolute atomic E-state index is 13.5. The van der Waals surface area contributed by atoms with Crippen LogP contribution in [0, 0.1) is 5.41 Å². The van der Waals surface area contributed by atoms with Gasteiger partial charge in [0, 0.05) is 7.05 Å². The number of aromatic nitrogens is 1. The quantitative estimate of drug-likeness (QED) is 0.666. The van der Waals surface area contributed by atoms with Gasteiger partial charge in [0.1, 0.15) is 5.75 Å². The van der Waals surface area contributed by atoms with Crippen molar-refractivity contribution in [3.63, 3.8) is 0 Å². The van der Waals surface area contributed by atoms with E-state index >= 15 is 0 Å². The molecule has 0 bridgehead atoms. The van der Waals surface area contributed by atoms with Gasteiger partial charge in [-0.15, -0.1) is 0 Å². The van der Waals surface area contributed by atoms with Crippen molar-refractivity contribution < 1.29 is 19.4 Å². The number of rotatable bonds is 6. The summed E-state index contributed by atoms with van der Waals surface area (Å²) in [4.78, 5) is 31.2. The van der Waals surface area contributed by atoms with Gasteiger partial charge >= 0.3 is 5.97 Å². The van der Waals surface area contributed by atoms with E-state index in [1.54, 1.807) is 7.05 Å². The summed E-state index contributed by atoms with van der Waals surface area (Å²) in [5.74, 6) is -0.414. The smallest absolute Gasteiger partial charge is 0.304 e. The lowest BCUT2D eigenvalue weighted by molar-refractivity contribution is -0.144. The Morgan fingerprint density at radius 1 is 1.21 bits per heavy atom. The Morgan fingerprint density at radius 3 is 2.52 bits per heavy atom. The SMILES string of the molecule is CCOc1ccc2nc(N(C)C(=O)C3(CC(=O)O)Cc4ccccc4C3)sc2c1. The van der Waals surface area contributed by atoms with Gasteiger partial charge in [-0.2, -0.15) is 0 Å². The van der Waals surface area contributed by atoms with Crippen LogP contribution >= 0.6 is 11.3 Å². The standard InChI is InChI=1S/C22H22N2O4S/c1-3-28-16-8-9-17-18(10-16)29-21(23-17)24(2)20(27)22(13-19(25)26)11-14-6-4-5-7-15(14)12-22/h4-10H,3,11-13H2,1-2H3,(H,25,26). The lowest BCUT2D eigenvalue weighted by Gasteiger charge is -2.30. The fourth-order valence-electron chi connectivity index (χ4n) is 4.07. The van der Waals surface area contributed by atoms with Crippen LogP contribution in [0.3, 0.4) is 0 Å². The van der Waals surface area contributed by atoms with Crippen molar-refractivity contribution in [1.82, 2.24) is 4.98 Å². The van der Waals surface area contributed by atoms with E-state index in [2.05, 4.69) is 4.98 Å². The van der Waals surface area contributed by atoms with Gasteiger partial charge in [0.05, 0.1) is 28.7 Å². The van der Waals surface area contributed by atoms with Crippen molar-refractivity contribution >= 4 is 38.6 Å². The number of nitrogens with zero attached hydrogens (tertiary/aromatic N) is 2. The number of carboxylic acids is 1. The van der Waals surface area contributed by atoms with E-state index in [1.807, 2.05) is 49.4 Å². The highest BCUT2D eigenvalue weighted by Gasteiger charge is 2.47. The molecule has 1 amide bonds. The number of aliphatic carboxylic acids is 1. The summed E-state index contributed by atoms with van der Waals surface area (Å²) < 4.78 is 6.46. The van der Waals surface area contributed by atoms with Crippen molar-refractivity contribution in [2.24, 2.45) is 5.41 Å². The minimum Gasteiger partial charge on any atom is -0.494 e. The number of fused-ring (bicyclic) bond motifs is 2. The van der Waals surface area contributed by atoms with Crippen molar-refractivity contribution in [1.29, 1.82) is 0 Å². The van der Waals surface area contributed by atoms with E-state index in [-0.39, 0.29) is 12.3 Å². The zero-order valence-electron chi connectivity index (χ0n) is 16.3. The molecular weight excluding hydrogens is 388 g/mol. The van der Waals surface area contributed by atoms with Crippen molar-refractivity contribution in [2.45, 2.75) is 26.2 Å². The minimum absolute atomic E-state index is 0.204. The molecule has 0 atom stereocenters. The molecule has 29 heavy (non-hydrogen) atoms. The van der Waals surface area contributed by atoms with E-state index in [0.717, 1.165) is 27.1 Å². The maximum Gasteiger partial charge on any atom is 0.304 e. The molecule has 1 aliphatic rings. The summed E-state index contributed by atoms with van der Waals surface area (Å²) in [6, 6.07) is 13.4. The number of anilines is 1. The van der Waals surface area contributed by atoms with Crippen LogP contribution in [0.2, 0.25) is 0 Å². The van der Waals surface area contributed by atoms with Gasteiger partial charge in [0.2, 0.25) is 5.91 Å². The normalized spacial score (nSPS) is 14.6. The minimum atomic E-state index is -0.987. The molecule has 6 nitrogen and oxygen atoms in total. The molecule has 0 unspecified atom stereocenters. The molecule has 1 aromatic heterocycles. The predicted octanol–water partition coefficient (Wildman–Crippen LogP) is 3.92. The second-order valence-electron chi connectivity index (χ2n) is 7.40. The molecule has 0 saturated heterocycles. The fourth-order valence-corrected chi connectivity index (χ4v) is 5.02. The van der Waals surface area contributed by atoms with Crippen LogP contribution in [-0.4, -0.2) is 35.6 Å². The number of carbonyl (C=O) groups excluding carboxylic acids is 1. The summed E-state index contributed by atoms with van der Waals surface area (Å²) in [7, 11) is 1.68. The summed E-state index contributed by atoms with van der Waals surface area (Å²) in [5, 5.41) is 10.1. The first-order chi connectivity index (χ1) is 13.9. The molecule has 0 fully saturated rings. The highest BCUT2D eigenvalue weighted by molar-refractivity contribution is 7.22. The molecule has 1 heterocycles. The van der Waals surface area contributed by atoms with E-state index in [1.165, 1.54) is 16.2 Å². The van der Waals surface area contributed by atoms with Gasteiger partial charge in [-0.25, -0.2) is 4.98 Å².